The molecule has 0 aliphatic carbocycles. The van der Waals surface area contributed by atoms with Crippen LogP contribution < -0.4 is 4.90 Å². The number of ketones is 1. The molecule has 1 aliphatic rings. The van der Waals surface area contributed by atoms with Crippen LogP contribution in [0, 0.1) is 0 Å². The van der Waals surface area contributed by atoms with Crippen LogP contribution in [0.5, 0.6) is 0 Å². The summed E-state index contributed by atoms with van der Waals surface area (Å²) in [6.07, 6.45) is 1.57. The lowest BCUT2D eigenvalue weighted by atomic mass is 10.1. The van der Waals surface area contributed by atoms with Crippen molar-refractivity contribution < 1.29 is 9.59 Å². The average Bonchev–Trinajstić information content (AvgIpc) is 2.64. The summed E-state index contributed by atoms with van der Waals surface area (Å²) in [5.41, 5.74) is 1.64. The van der Waals surface area contributed by atoms with Gasteiger partial charge >= 0.3 is 0 Å². The van der Waals surface area contributed by atoms with Crippen molar-refractivity contribution in [2.75, 3.05) is 4.90 Å². The molecule has 4 nitrogen and oxygen atoms in total. The Morgan fingerprint density at radius 1 is 1.20 bits per heavy atom. The van der Waals surface area contributed by atoms with Crippen molar-refractivity contribution in [1.29, 1.82) is 0 Å². The molecule has 2 heterocycles. The largest absolute Gasteiger partial charge is 0.299 e. The minimum atomic E-state index is -0.542. The van der Waals surface area contributed by atoms with E-state index in [0.717, 1.165) is 4.47 Å². The first-order valence-corrected chi connectivity index (χ1v) is 6.99. The third kappa shape index (κ3) is 2.23. The summed E-state index contributed by atoms with van der Waals surface area (Å²) >= 11 is 9.25. The second kappa shape index (κ2) is 5.00. The third-order valence-electron chi connectivity index (χ3n) is 3.03. The molecule has 1 aromatic carbocycles. The highest BCUT2D eigenvalue weighted by molar-refractivity contribution is 9.10. The van der Waals surface area contributed by atoms with Crippen LogP contribution in [-0.2, 0) is 11.3 Å². The molecule has 3 rings (SSSR count). The first kappa shape index (κ1) is 13.3. The average molecular weight is 352 g/mol. The SMILES string of the molecule is O=C1C(=O)N(Cc2cc(Cl)ccn2)c2cc(Br)ccc21. The van der Waals surface area contributed by atoms with E-state index in [1.165, 1.54) is 4.90 Å². The molecule has 0 radical (unpaired) electrons. The van der Waals surface area contributed by atoms with Crippen LogP contribution in [0.25, 0.3) is 0 Å². The minimum Gasteiger partial charge on any atom is -0.299 e. The van der Waals surface area contributed by atoms with Gasteiger partial charge in [0.15, 0.2) is 0 Å². The summed E-state index contributed by atoms with van der Waals surface area (Å²) in [7, 11) is 0. The predicted octanol–water partition coefficient (Wildman–Crippen LogP) is 3.23. The van der Waals surface area contributed by atoms with Crippen molar-refractivity contribution in [3.63, 3.8) is 0 Å². The lowest BCUT2D eigenvalue weighted by molar-refractivity contribution is -0.114. The van der Waals surface area contributed by atoms with Crippen LogP contribution in [0.3, 0.4) is 0 Å². The summed E-state index contributed by atoms with van der Waals surface area (Å²) in [4.78, 5) is 29.6. The monoisotopic (exact) mass is 350 g/mol. The molecule has 0 unspecified atom stereocenters. The van der Waals surface area contributed by atoms with Crippen LogP contribution in [0.15, 0.2) is 41.0 Å². The summed E-state index contributed by atoms with van der Waals surface area (Å²) in [5.74, 6) is -1.03. The van der Waals surface area contributed by atoms with Gasteiger partial charge < -0.3 is 0 Å². The molecule has 20 heavy (non-hydrogen) atoms. The van der Waals surface area contributed by atoms with Gasteiger partial charge in [-0.3, -0.25) is 19.5 Å². The number of hydrogen-bond acceptors (Lipinski definition) is 3. The molecule has 0 bridgehead atoms. The predicted molar refractivity (Wildman–Crippen MR) is 78.9 cm³/mol. The van der Waals surface area contributed by atoms with Crippen molar-refractivity contribution in [2.24, 2.45) is 0 Å². The highest BCUT2D eigenvalue weighted by Gasteiger charge is 2.35. The number of carbonyl (C=O) groups excluding carboxylic acids is 2. The first-order chi connectivity index (χ1) is 9.56. The van der Waals surface area contributed by atoms with Crippen LogP contribution in [-0.4, -0.2) is 16.7 Å². The van der Waals surface area contributed by atoms with Crippen LogP contribution >= 0.6 is 27.5 Å². The Labute approximate surface area is 128 Å². The van der Waals surface area contributed by atoms with E-state index in [0.29, 0.717) is 22.0 Å². The fourth-order valence-corrected chi connectivity index (χ4v) is 2.65. The summed E-state index contributed by atoms with van der Waals surface area (Å²) in [6.45, 7) is 0.217. The second-order valence-corrected chi connectivity index (χ2v) is 5.70. The van der Waals surface area contributed by atoms with Gasteiger partial charge in [-0.1, -0.05) is 27.5 Å². The van der Waals surface area contributed by atoms with Crippen molar-refractivity contribution in [3.8, 4) is 0 Å². The van der Waals surface area contributed by atoms with Crippen LogP contribution in [0.4, 0.5) is 5.69 Å². The Morgan fingerprint density at radius 3 is 2.75 bits per heavy atom. The van der Waals surface area contributed by atoms with Gasteiger partial charge in [-0.15, -0.1) is 0 Å². The zero-order valence-corrected chi connectivity index (χ0v) is 12.5. The van der Waals surface area contributed by atoms with Gasteiger partial charge in [0.05, 0.1) is 23.5 Å². The lowest BCUT2D eigenvalue weighted by Gasteiger charge is -2.16. The number of Topliss-reactive ketones (excluding diaryl/α,β-unsaturated/α-hetero) is 1. The van der Waals surface area contributed by atoms with Gasteiger partial charge in [-0.05, 0) is 30.3 Å². The molecule has 2 aromatic rings. The quantitative estimate of drug-likeness (QED) is 0.781. The topological polar surface area (TPSA) is 50.3 Å². The molecule has 0 saturated carbocycles. The fraction of sp³-hybridized carbons (Fsp3) is 0.0714. The van der Waals surface area contributed by atoms with E-state index in [4.69, 9.17) is 11.6 Å². The number of carbonyl (C=O) groups is 2. The number of nitrogens with zero attached hydrogens (tertiary/aromatic N) is 2. The summed E-state index contributed by atoms with van der Waals surface area (Å²) in [6, 6.07) is 8.47. The number of pyridine rings is 1. The zero-order valence-electron chi connectivity index (χ0n) is 10.1. The van der Waals surface area contributed by atoms with Gasteiger partial charge in [0.25, 0.3) is 11.7 Å². The normalized spacial score (nSPS) is 13.8. The van der Waals surface area contributed by atoms with Crippen molar-refractivity contribution in [2.45, 2.75) is 6.54 Å². The highest BCUT2D eigenvalue weighted by atomic mass is 79.9. The Kier molecular flexibility index (Phi) is 3.31. The van der Waals surface area contributed by atoms with E-state index in [-0.39, 0.29) is 6.54 Å². The van der Waals surface area contributed by atoms with Crippen molar-refractivity contribution in [3.05, 3.63) is 57.3 Å². The highest BCUT2D eigenvalue weighted by Crippen LogP contribution is 2.32. The maximum absolute atomic E-state index is 12.1. The minimum absolute atomic E-state index is 0.217. The Balaban J connectivity index is 2.01. The van der Waals surface area contributed by atoms with Crippen LogP contribution in [0.2, 0.25) is 5.02 Å². The molecule has 1 aliphatic heterocycles. The molecular weight excluding hydrogens is 344 g/mol. The Hall–Kier alpha value is -1.72. The maximum Gasteiger partial charge on any atom is 0.299 e. The molecule has 0 fully saturated rings. The van der Waals surface area contributed by atoms with Gasteiger partial charge in [-0.2, -0.15) is 0 Å². The van der Waals surface area contributed by atoms with E-state index in [1.807, 2.05) is 0 Å². The van der Waals surface area contributed by atoms with E-state index < -0.39 is 11.7 Å². The number of aromatic nitrogens is 1. The number of halogens is 2. The standard InChI is InChI=1S/C14H8BrClN2O2/c15-8-1-2-11-12(5-8)18(14(20)13(11)19)7-10-6-9(16)3-4-17-10/h1-6H,7H2. The van der Waals surface area contributed by atoms with Crippen molar-refractivity contribution >= 4 is 44.9 Å². The van der Waals surface area contributed by atoms with E-state index in [9.17, 15) is 9.59 Å². The third-order valence-corrected chi connectivity index (χ3v) is 3.76. The number of anilines is 1. The number of benzene rings is 1. The van der Waals surface area contributed by atoms with Gasteiger partial charge in [0.1, 0.15) is 0 Å². The van der Waals surface area contributed by atoms with E-state index >= 15 is 0 Å². The smallest absolute Gasteiger partial charge is 0.299 e. The summed E-state index contributed by atoms with van der Waals surface area (Å²) < 4.78 is 0.808. The van der Waals surface area contributed by atoms with Crippen molar-refractivity contribution in [1.82, 2.24) is 4.98 Å². The molecule has 0 spiro atoms. The molecule has 0 atom stereocenters. The molecular formula is C14H8BrClN2O2. The molecule has 1 aromatic heterocycles. The van der Waals surface area contributed by atoms with Gasteiger partial charge in [0, 0.05) is 15.7 Å². The molecule has 0 saturated heterocycles. The van der Waals surface area contributed by atoms with Crippen LogP contribution in [0.1, 0.15) is 16.1 Å². The number of amides is 1. The van der Waals surface area contributed by atoms with Gasteiger partial charge in [-0.25, -0.2) is 0 Å². The molecule has 1 amide bonds. The van der Waals surface area contributed by atoms with Gasteiger partial charge in [0.2, 0.25) is 0 Å². The molecule has 100 valence electrons. The van der Waals surface area contributed by atoms with E-state index in [1.54, 1.807) is 36.5 Å². The first-order valence-electron chi connectivity index (χ1n) is 5.82. The summed E-state index contributed by atoms with van der Waals surface area (Å²) in [5, 5.41) is 0.544. The maximum atomic E-state index is 12.1. The number of hydrogen-bond donors (Lipinski definition) is 0. The zero-order chi connectivity index (χ0) is 14.3. The van der Waals surface area contributed by atoms with E-state index in [2.05, 4.69) is 20.9 Å². The Bertz CT molecular complexity index is 733. The number of rotatable bonds is 2. The number of fused-ring (bicyclic) bond motifs is 1. The molecule has 0 N–H and O–H groups in total. The fourth-order valence-electron chi connectivity index (χ4n) is 2.12. The lowest BCUT2D eigenvalue weighted by Crippen LogP contribution is -2.29. The second-order valence-electron chi connectivity index (χ2n) is 4.35. The molecule has 6 heteroatoms. The Morgan fingerprint density at radius 2 is 2.00 bits per heavy atom.